The molecule has 2 heterocycles. The predicted octanol–water partition coefficient (Wildman–Crippen LogP) is 2.16. The molecule has 0 spiro atoms. The van der Waals surface area contributed by atoms with Crippen LogP contribution in [0.2, 0.25) is 5.02 Å². The Bertz CT molecular complexity index is 713. The number of benzene rings is 1. The van der Waals surface area contributed by atoms with E-state index in [1.807, 2.05) is 25.1 Å². The molecule has 110 valence electrons. The van der Waals surface area contributed by atoms with Crippen molar-refractivity contribution >= 4 is 23.0 Å². The predicted molar refractivity (Wildman–Crippen MR) is 84.3 cm³/mol. The van der Waals surface area contributed by atoms with Gasteiger partial charge in [0.05, 0.1) is 11.9 Å². The first-order chi connectivity index (χ1) is 10.2. The van der Waals surface area contributed by atoms with Crippen molar-refractivity contribution in [2.75, 3.05) is 18.0 Å². The second-order valence-electron chi connectivity index (χ2n) is 4.92. The summed E-state index contributed by atoms with van der Waals surface area (Å²) < 4.78 is 1.37. The van der Waals surface area contributed by atoms with Crippen LogP contribution < -0.4 is 15.8 Å². The van der Waals surface area contributed by atoms with E-state index in [4.69, 9.17) is 11.6 Å². The molecule has 0 atom stereocenters. The molecule has 0 bridgehead atoms. The number of fused-ring (bicyclic) bond motifs is 1. The lowest BCUT2D eigenvalue weighted by Gasteiger charge is -2.25. The monoisotopic (exact) mass is 304 g/mol. The molecule has 0 aliphatic carbocycles. The molecule has 1 aromatic carbocycles. The number of hydrogen-bond acceptors (Lipinski definition) is 4. The standard InChI is InChI=1S/C15H17ClN4O/c1-2-20-15(21)14(16)13(10-18-20)19-8-7-17-9-11-5-3-4-6-12(11)19/h3-6,10,17H,2,7-9H2,1H3. The van der Waals surface area contributed by atoms with E-state index in [0.29, 0.717) is 12.2 Å². The first kappa shape index (κ1) is 14.1. The molecule has 1 aromatic heterocycles. The molecule has 5 nitrogen and oxygen atoms in total. The second-order valence-corrected chi connectivity index (χ2v) is 5.30. The zero-order valence-corrected chi connectivity index (χ0v) is 12.6. The van der Waals surface area contributed by atoms with Crippen LogP contribution in [-0.4, -0.2) is 22.9 Å². The van der Waals surface area contributed by atoms with E-state index in [-0.39, 0.29) is 10.6 Å². The summed E-state index contributed by atoms with van der Waals surface area (Å²) in [5.41, 5.74) is 2.68. The van der Waals surface area contributed by atoms with Crippen molar-refractivity contribution in [2.45, 2.75) is 20.0 Å². The molecule has 0 saturated heterocycles. The van der Waals surface area contributed by atoms with E-state index in [0.717, 1.165) is 25.3 Å². The lowest BCUT2D eigenvalue weighted by Crippen LogP contribution is -2.29. The van der Waals surface area contributed by atoms with Crippen molar-refractivity contribution in [3.63, 3.8) is 0 Å². The maximum Gasteiger partial charge on any atom is 0.287 e. The maximum absolute atomic E-state index is 12.2. The number of aromatic nitrogens is 2. The van der Waals surface area contributed by atoms with Crippen molar-refractivity contribution in [3.05, 3.63) is 51.4 Å². The molecule has 2 aromatic rings. The maximum atomic E-state index is 12.2. The Labute approximate surface area is 128 Å². The highest BCUT2D eigenvalue weighted by atomic mass is 35.5. The van der Waals surface area contributed by atoms with Gasteiger partial charge in [-0.05, 0) is 18.6 Å². The highest BCUT2D eigenvalue weighted by molar-refractivity contribution is 6.33. The zero-order chi connectivity index (χ0) is 14.8. The van der Waals surface area contributed by atoms with Gasteiger partial charge in [0.15, 0.2) is 0 Å². The molecule has 6 heteroatoms. The number of para-hydroxylation sites is 1. The number of rotatable bonds is 2. The van der Waals surface area contributed by atoms with E-state index in [1.54, 1.807) is 6.20 Å². The van der Waals surface area contributed by atoms with Gasteiger partial charge in [0.1, 0.15) is 5.02 Å². The molecule has 1 aliphatic rings. The Balaban J connectivity index is 2.12. The highest BCUT2D eigenvalue weighted by Crippen LogP contribution is 2.32. The summed E-state index contributed by atoms with van der Waals surface area (Å²) in [5.74, 6) is 0. The fourth-order valence-corrected chi connectivity index (χ4v) is 2.83. The zero-order valence-electron chi connectivity index (χ0n) is 11.8. The molecule has 0 amide bonds. The SMILES string of the molecule is CCn1ncc(N2CCNCc3ccccc32)c(Cl)c1=O. The summed E-state index contributed by atoms with van der Waals surface area (Å²) in [4.78, 5) is 14.2. The first-order valence-electron chi connectivity index (χ1n) is 7.04. The van der Waals surface area contributed by atoms with E-state index >= 15 is 0 Å². The Kier molecular flexibility index (Phi) is 3.94. The number of anilines is 2. The molecule has 0 unspecified atom stereocenters. The molecule has 1 aliphatic heterocycles. The quantitative estimate of drug-likeness (QED) is 0.924. The minimum absolute atomic E-state index is 0.226. The first-order valence-corrected chi connectivity index (χ1v) is 7.42. The number of halogens is 1. The molecular weight excluding hydrogens is 288 g/mol. The van der Waals surface area contributed by atoms with Crippen molar-refractivity contribution in [1.82, 2.24) is 15.1 Å². The number of nitrogens with one attached hydrogen (secondary N) is 1. The molecule has 1 N–H and O–H groups in total. The van der Waals surface area contributed by atoms with Gasteiger partial charge in [-0.2, -0.15) is 5.10 Å². The lowest BCUT2D eigenvalue weighted by molar-refractivity contribution is 0.614. The van der Waals surface area contributed by atoms with Gasteiger partial charge in [-0.25, -0.2) is 4.68 Å². The van der Waals surface area contributed by atoms with E-state index < -0.39 is 0 Å². The summed E-state index contributed by atoms with van der Waals surface area (Å²) in [7, 11) is 0. The highest BCUT2D eigenvalue weighted by Gasteiger charge is 2.20. The van der Waals surface area contributed by atoms with Crippen molar-refractivity contribution in [1.29, 1.82) is 0 Å². The minimum Gasteiger partial charge on any atom is -0.337 e. The molecule has 0 radical (unpaired) electrons. The average molecular weight is 305 g/mol. The second kappa shape index (κ2) is 5.87. The molecule has 3 rings (SSSR count). The fraction of sp³-hybridized carbons (Fsp3) is 0.333. The van der Waals surface area contributed by atoms with Gasteiger partial charge in [-0.15, -0.1) is 0 Å². The number of aryl methyl sites for hydroxylation is 1. The Morgan fingerprint density at radius 1 is 1.33 bits per heavy atom. The van der Waals surface area contributed by atoms with Crippen molar-refractivity contribution < 1.29 is 0 Å². The van der Waals surface area contributed by atoms with Crippen LogP contribution >= 0.6 is 11.6 Å². The van der Waals surface area contributed by atoms with Crippen LogP contribution in [0.25, 0.3) is 0 Å². The minimum atomic E-state index is -0.244. The van der Waals surface area contributed by atoms with Gasteiger partial charge >= 0.3 is 0 Å². The third-order valence-electron chi connectivity index (χ3n) is 3.67. The van der Waals surface area contributed by atoms with E-state index in [2.05, 4.69) is 21.4 Å². The van der Waals surface area contributed by atoms with Crippen LogP contribution in [0.4, 0.5) is 11.4 Å². The molecule has 0 saturated carbocycles. The Morgan fingerprint density at radius 3 is 2.95 bits per heavy atom. The van der Waals surface area contributed by atoms with E-state index in [1.165, 1.54) is 10.2 Å². The topological polar surface area (TPSA) is 50.2 Å². The van der Waals surface area contributed by atoms with Gasteiger partial charge < -0.3 is 10.2 Å². The van der Waals surface area contributed by atoms with Gasteiger partial charge in [-0.1, -0.05) is 29.8 Å². The molecule has 0 fully saturated rings. The van der Waals surface area contributed by atoms with Crippen LogP contribution in [0.15, 0.2) is 35.3 Å². The largest absolute Gasteiger partial charge is 0.337 e. The molecular formula is C15H17ClN4O. The third-order valence-corrected chi connectivity index (χ3v) is 4.02. The van der Waals surface area contributed by atoms with Crippen LogP contribution in [0.3, 0.4) is 0 Å². The van der Waals surface area contributed by atoms with Crippen molar-refractivity contribution in [3.8, 4) is 0 Å². The smallest absolute Gasteiger partial charge is 0.287 e. The van der Waals surface area contributed by atoms with Gasteiger partial charge in [0, 0.05) is 31.9 Å². The Morgan fingerprint density at radius 2 is 2.14 bits per heavy atom. The van der Waals surface area contributed by atoms with Gasteiger partial charge in [0.25, 0.3) is 5.56 Å². The fourth-order valence-electron chi connectivity index (χ4n) is 2.58. The van der Waals surface area contributed by atoms with Crippen LogP contribution in [-0.2, 0) is 13.1 Å². The summed E-state index contributed by atoms with van der Waals surface area (Å²) >= 11 is 6.29. The van der Waals surface area contributed by atoms with Crippen molar-refractivity contribution in [2.24, 2.45) is 0 Å². The summed E-state index contributed by atoms with van der Waals surface area (Å²) in [6, 6.07) is 8.13. The van der Waals surface area contributed by atoms with Gasteiger partial charge in [-0.3, -0.25) is 4.79 Å². The number of nitrogens with zero attached hydrogens (tertiary/aromatic N) is 3. The summed E-state index contributed by atoms with van der Waals surface area (Å²) in [6.07, 6.45) is 1.68. The lowest BCUT2D eigenvalue weighted by atomic mass is 10.1. The van der Waals surface area contributed by atoms with Crippen LogP contribution in [0, 0.1) is 0 Å². The normalized spacial score (nSPS) is 14.7. The van der Waals surface area contributed by atoms with Crippen LogP contribution in [0.1, 0.15) is 12.5 Å². The summed E-state index contributed by atoms with van der Waals surface area (Å²) in [6.45, 7) is 4.76. The third kappa shape index (κ3) is 2.54. The number of hydrogen-bond donors (Lipinski definition) is 1. The molecule has 21 heavy (non-hydrogen) atoms. The van der Waals surface area contributed by atoms with Crippen LogP contribution in [0.5, 0.6) is 0 Å². The van der Waals surface area contributed by atoms with E-state index in [9.17, 15) is 4.79 Å². The summed E-state index contributed by atoms with van der Waals surface area (Å²) in [5, 5.41) is 7.79. The van der Waals surface area contributed by atoms with Gasteiger partial charge in [0.2, 0.25) is 0 Å². The average Bonchev–Trinajstić information content (AvgIpc) is 2.72. The Hall–Kier alpha value is -1.85.